The second-order valence-corrected chi connectivity index (χ2v) is 8.61. The van der Waals surface area contributed by atoms with Gasteiger partial charge in [-0.3, -0.25) is 9.59 Å². The van der Waals surface area contributed by atoms with Crippen molar-refractivity contribution >= 4 is 28.9 Å². The maximum Gasteiger partial charge on any atom is 0.258 e. The number of rotatable bonds is 8. The molecular formula is C29H25FN4O4. The van der Waals surface area contributed by atoms with Crippen LogP contribution in [0, 0.1) is 5.82 Å². The molecule has 0 fully saturated rings. The van der Waals surface area contributed by atoms with E-state index in [-0.39, 0.29) is 23.2 Å². The summed E-state index contributed by atoms with van der Waals surface area (Å²) in [7, 11) is 2.93. The zero-order valence-electron chi connectivity index (χ0n) is 20.8. The fourth-order valence-electron chi connectivity index (χ4n) is 4.51. The van der Waals surface area contributed by atoms with Crippen LogP contribution in [0.5, 0.6) is 11.6 Å². The number of hydrogen-bond donors (Lipinski definition) is 2. The van der Waals surface area contributed by atoms with E-state index in [0.29, 0.717) is 29.1 Å². The lowest BCUT2D eigenvalue weighted by Crippen LogP contribution is -2.37. The van der Waals surface area contributed by atoms with Crippen LogP contribution < -0.4 is 20.1 Å². The summed E-state index contributed by atoms with van der Waals surface area (Å²) in [5.41, 5.74) is 2.97. The van der Waals surface area contributed by atoms with Crippen molar-refractivity contribution in [2.45, 2.75) is 12.6 Å². The zero-order valence-corrected chi connectivity index (χ0v) is 20.8. The van der Waals surface area contributed by atoms with Crippen molar-refractivity contribution in [2.24, 2.45) is 0 Å². The van der Waals surface area contributed by atoms with Gasteiger partial charge in [0.15, 0.2) is 0 Å². The number of ether oxygens (including phenoxy) is 2. The van der Waals surface area contributed by atoms with Gasteiger partial charge < -0.3 is 25.0 Å². The predicted molar refractivity (Wildman–Crippen MR) is 141 cm³/mol. The van der Waals surface area contributed by atoms with Crippen molar-refractivity contribution in [1.82, 2.24) is 9.88 Å². The molecule has 2 heterocycles. The van der Waals surface area contributed by atoms with Crippen LogP contribution in [0.15, 0.2) is 85.1 Å². The molecule has 1 aromatic heterocycles. The van der Waals surface area contributed by atoms with Crippen LogP contribution in [-0.4, -0.2) is 35.9 Å². The van der Waals surface area contributed by atoms with Crippen LogP contribution in [0.25, 0.3) is 0 Å². The Morgan fingerprint density at radius 1 is 0.974 bits per heavy atom. The average Bonchev–Trinajstić information content (AvgIpc) is 3.26. The van der Waals surface area contributed by atoms with E-state index in [1.807, 2.05) is 30.3 Å². The van der Waals surface area contributed by atoms with Crippen LogP contribution in [0.1, 0.15) is 27.5 Å². The quantitative estimate of drug-likeness (QED) is 0.332. The molecule has 2 N–H and O–H groups in total. The van der Waals surface area contributed by atoms with Crippen LogP contribution in [-0.2, 0) is 11.3 Å². The summed E-state index contributed by atoms with van der Waals surface area (Å²) >= 11 is 0. The molecule has 4 aromatic rings. The molecule has 0 saturated heterocycles. The number of aromatic nitrogens is 1. The van der Waals surface area contributed by atoms with Gasteiger partial charge in [0, 0.05) is 24.0 Å². The maximum absolute atomic E-state index is 15.1. The minimum absolute atomic E-state index is 0.166. The van der Waals surface area contributed by atoms with Crippen molar-refractivity contribution in [2.75, 3.05) is 24.9 Å². The predicted octanol–water partition coefficient (Wildman–Crippen LogP) is 5.32. The van der Waals surface area contributed by atoms with E-state index < -0.39 is 17.8 Å². The number of halogens is 1. The van der Waals surface area contributed by atoms with E-state index in [2.05, 4.69) is 15.6 Å². The minimum atomic E-state index is -0.898. The second kappa shape index (κ2) is 10.6. The highest BCUT2D eigenvalue weighted by Gasteiger charge is 2.37. The SMILES string of the molecule is COc1nccc(Nc2ccc(NC(=O)C(c3ccccc3)N3Cc4ccccc4C3=O)cc2F)c1OC. The average molecular weight is 513 g/mol. The summed E-state index contributed by atoms with van der Waals surface area (Å²) in [6, 6.07) is 21.4. The van der Waals surface area contributed by atoms with Gasteiger partial charge in [-0.15, -0.1) is 0 Å². The largest absolute Gasteiger partial charge is 0.490 e. The highest BCUT2D eigenvalue weighted by atomic mass is 19.1. The summed E-state index contributed by atoms with van der Waals surface area (Å²) in [5.74, 6) is -0.683. The summed E-state index contributed by atoms with van der Waals surface area (Å²) in [6.07, 6.45) is 1.51. The number of nitrogens with one attached hydrogen (secondary N) is 2. The van der Waals surface area contributed by atoms with Crippen LogP contribution in [0.3, 0.4) is 0 Å². The number of amides is 2. The lowest BCUT2D eigenvalue weighted by atomic mass is 10.0. The molecule has 0 radical (unpaired) electrons. The lowest BCUT2D eigenvalue weighted by Gasteiger charge is -2.27. The number of nitrogens with zero attached hydrogens (tertiary/aromatic N) is 2. The number of methoxy groups -OCH3 is 2. The third kappa shape index (κ3) is 4.73. The molecular weight excluding hydrogens is 487 g/mol. The maximum atomic E-state index is 15.1. The van der Waals surface area contributed by atoms with Gasteiger partial charge in [-0.2, -0.15) is 0 Å². The van der Waals surface area contributed by atoms with Gasteiger partial charge in [0.2, 0.25) is 5.75 Å². The number of carbonyl (C=O) groups is 2. The normalized spacial score (nSPS) is 13.0. The number of carbonyl (C=O) groups excluding carboxylic acids is 2. The van der Waals surface area contributed by atoms with Gasteiger partial charge >= 0.3 is 0 Å². The minimum Gasteiger partial charge on any atom is -0.490 e. The molecule has 0 aliphatic carbocycles. The third-order valence-corrected chi connectivity index (χ3v) is 6.30. The van der Waals surface area contributed by atoms with Gasteiger partial charge in [0.05, 0.1) is 25.6 Å². The highest BCUT2D eigenvalue weighted by Crippen LogP contribution is 2.36. The van der Waals surface area contributed by atoms with Crippen molar-refractivity contribution in [3.8, 4) is 11.6 Å². The summed E-state index contributed by atoms with van der Waals surface area (Å²) in [5, 5.41) is 5.75. The Hall–Kier alpha value is -4.92. The number of hydrogen-bond acceptors (Lipinski definition) is 6. The Morgan fingerprint density at radius 3 is 2.45 bits per heavy atom. The fraction of sp³-hybridized carbons (Fsp3) is 0.138. The Bertz CT molecular complexity index is 1500. The molecule has 0 bridgehead atoms. The van der Waals surface area contributed by atoms with E-state index >= 15 is 4.39 Å². The molecule has 0 spiro atoms. The molecule has 1 atom stereocenters. The van der Waals surface area contributed by atoms with E-state index in [0.717, 1.165) is 5.56 Å². The molecule has 9 heteroatoms. The number of benzene rings is 3. The standard InChI is InChI=1S/C29H25FN4O4/c1-37-26-24(14-15-31-28(26)38-2)33-23-13-12-20(16-22(23)30)32-27(35)25(18-8-4-3-5-9-18)34-17-19-10-6-7-11-21(19)29(34)36/h3-16,25H,17H2,1-2H3,(H,31,33)(H,32,35). The van der Waals surface area contributed by atoms with Gasteiger partial charge in [-0.05, 0) is 41.5 Å². The summed E-state index contributed by atoms with van der Waals surface area (Å²) in [6.45, 7) is 0.302. The Balaban J connectivity index is 1.39. The first-order chi connectivity index (χ1) is 18.5. The van der Waals surface area contributed by atoms with Gasteiger partial charge in [0.1, 0.15) is 11.9 Å². The Morgan fingerprint density at radius 2 is 1.74 bits per heavy atom. The molecule has 192 valence electrons. The van der Waals surface area contributed by atoms with Gasteiger partial charge in [-0.25, -0.2) is 9.37 Å². The van der Waals surface area contributed by atoms with Crippen molar-refractivity contribution in [3.05, 3.63) is 108 Å². The van der Waals surface area contributed by atoms with Crippen LogP contribution in [0.4, 0.5) is 21.5 Å². The van der Waals surface area contributed by atoms with Crippen LogP contribution in [0.2, 0.25) is 0 Å². The molecule has 5 rings (SSSR count). The molecule has 0 saturated carbocycles. The Kier molecular flexibility index (Phi) is 6.90. The first-order valence-corrected chi connectivity index (χ1v) is 11.9. The van der Waals surface area contributed by atoms with Crippen molar-refractivity contribution < 1.29 is 23.5 Å². The summed E-state index contributed by atoms with van der Waals surface area (Å²) < 4.78 is 25.6. The van der Waals surface area contributed by atoms with Crippen molar-refractivity contribution in [3.63, 3.8) is 0 Å². The monoisotopic (exact) mass is 512 g/mol. The topological polar surface area (TPSA) is 92.8 Å². The fourth-order valence-corrected chi connectivity index (χ4v) is 4.51. The van der Waals surface area contributed by atoms with E-state index in [9.17, 15) is 9.59 Å². The number of pyridine rings is 1. The Labute approximate surface area is 219 Å². The highest BCUT2D eigenvalue weighted by molar-refractivity contribution is 6.04. The van der Waals surface area contributed by atoms with E-state index in [4.69, 9.17) is 9.47 Å². The molecule has 8 nitrogen and oxygen atoms in total. The second-order valence-electron chi connectivity index (χ2n) is 8.61. The van der Waals surface area contributed by atoms with Crippen LogP contribution >= 0.6 is 0 Å². The van der Waals surface area contributed by atoms with Crippen molar-refractivity contribution in [1.29, 1.82) is 0 Å². The number of anilines is 3. The molecule has 1 aliphatic rings. The summed E-state index contributed by atoms with van der Waals surface area (Å²) in [4.78, 5) is 32.4. The molecule has 38 heavy (non-hydrogen) atoms. The molecule has 3 aromatic carbocycles. The third-order valence-electron chi connectivity index (χ3n) is 6.30. The first kappa shape index (κ1) is 24.8. The first-order valence-electron chi connectivity index (χ1n) is 11.9. The zero-order chi connectivity index (χ0) is 26.6. The number of fused-ring (bicyclic) bond motifs is 1. The van der Waals surface area contributed by atoms with E-state index in [1.54, 1.807) is 36.4 Å². The van der Waals surface area contributed by atoms with Gasteiger partial charge in [-0.1, -0.05) is 48.5 Å². The van der Waals surface area contributed by atoms with E-state index in [1.165, 1.54) is 37.4 Å². The molecule has 2 amide bonds. The smallest absolute Gasteiger partial charge is 0.258 e. The molecule has 1 aliphatic heterocycles. The molecule has 1 unspecified atom stereocenters. The van der Waals surface area contributed by atoms with Gasteiger partial charge in [0.25, 0.3) is 17.7 Å². The lowest BCUT2D eigenvalue weighted by molar-refractivity contribution is -0.120.